The van der Waals surface area contributed by atoms with E-state index in [1.54, 1.807) is 0 Å². The summed E-state index contributed by atoms with van der Waals surface area (Å²) in [4.78, 5) is 31.5. The monoisotopic (exact) mass is 576 g/mol. The number of aryl methyl sites for hydroxylation is 2. The van der Waals surface area contributed by atoms with Crippen LogP contribution < -0.4 is 10.6 Å². The molecule has 0 saturated heterocycles. The van der Waals surface area contributed by atoms with Gasteiger partial charge in [0, 0.05) is 25.3 Å². The van der Waals surface area contributed by atoms with Crippen LogP contribution in [0.3, 0.4) is 0 Å². The number of rotatable bonds is 15. The zero-order chi connectivity index (χ0) is 29.2. The Kier molecular flexibility index (Phi) is 11.0. The lowest BCUT2D eigenvalue weighted by atomic mass is 9.96. The van der Waals surface area contributed by atoms with Crippen LogP contribution in [0.1, 0.15) is 72.1 Å². The lowest BCUT2D eigenvalue weighted by molar-refractivity contribution is -0.139. The maximum Gasteiger partial charge on any atom is 0.417 e. The predicted molar refractivity (Wildman–Crippen MR) is 149 cm³/mol. The van der Waals surface area contributed by atoms with Gasteiger partial charge in [0.1, 0.15) is 11.9 Å². The number of aromatic nitrogens is 1. The Hall–Kier alpha value is -3.18. The number of halogens is 3. The number of carboxylic acid groups (broad SMARTS) is 1. The molecule has 0 spiro atoms. The number of nitrogens with one attached hydrogen (secondary N) is 2. The van der Waals surface area contributed by atoms with E-state index in [-0.39, 0.29) is 12.5 Å². The lowest BCUT2D eigenvalue weighted by Crippen LogP contribution is -2.44. The molecule has 4 rings (SSSR count). The van der Waals surface area contributed by atoms with E-state index in [1.807, 2.05) is 0 Å². The first-order chi connectivity index (χ1) is 19.7. The molecule has 1 aromatic carbocycles. The van der Waals surface area contributed by atoms with Crippen molar-refractivity contribution in [1.29, 1.82) is 0 Å². The number of aliphatic carboxylic acids is 1. The molecule has 1 fully saturated rings. The quantitative estimate of drug-likeness (QED) is 0.259. The van der Waals surface area contributed by atoms with E-state index in [4.69, 9.17) is 9.72 Å². The number of carbonyl (C=O) groups is 2. The summed E-state index contributed by atoms with van der Waals surface area (Å²) in [7, 11) is 0. The molecule has 0 bridgehead atoms. The molecule has 1 amide bonds. The standard InChI is InChI=1S/C30H39F3N4O4/c31-30(32,33)25-12-2-1-11-24(25)28(38)36-26(29(39)40)15-18-37(19-20-41-23-9-5-10-23)17-4-3-8-22-14-13-21-7-6-16-34-27(21)35-22/h1-2,11-14,23,26H,3-10,15-20H2,(H,34,35)(H,36,38)(H,39,40). The van der Waals surface area contributed by atoms with Crippen LogP contribution in [0.15, 0.2) is 36.4 Å². The normalized spacial score (nSPS) is 16.0. The second-order valence-electron chi connectivity index (χ2n) is 10.8. The van der Waals surface area contributed by atoms with Crippen molar-refractivity contribution in [3.63, 3.8) is 0 Å². The molecular formula is C30H39F3N4O4. The Labute approximate surface area is 238 Å². The molecule has 1 unspecified atom stereocenters. The molecule has 1 aliphatic heterocycles. The highest BCUT2D eigenvalue weighted by Crippen LogP contribution is 2.32. The van der Waals surface area contributed by atoms with Crippen molar-refractivity contribution in [3.8, 4) is 0 Å². The number of hydrogen-bond acceptors (Lipinski definition) is 6. The number of pyridine rings is 1. The second-order valence-corrected chi connectivity index (χ2v) is 10.8. The lowest BCUT2D eigenvalue weighted by Gasteiger charge is -2.28. The van der Waals surface area contributed by atoms with Gasteiger partial charge in [-0.05, 0) is 88.1 Å². The van der Waals surface area contributed by atoms with Gasteiger partial charge in [-0.2, -0.15) is 13.2 Å². The van der Waals surface area contributed by atoms with Crippen LogP contribution in [0.5, 0.6) is 0 Å². The van der Waals surface area contributed by atoms with Crippen LogP contribution in [-0.2, 0) is 28.5 Å². The molecule has 2 heterocycles. The molecule has 0 radical (unpaired) electrons. The van der Waals surface area contributed by atoms with Crippen LogP contribution in [0.4, 0.5) is 19.0 Å². The van der Waals surface area contributed by atoms with E-state index in [9.17, 15) is 27.9 Å². The van der Waals surface area contributed by atoms with Gasteiger partial charge in [-0.25, -0.2) is 9.78 Å². The Morgan fingerprint density at radius 2 is 1.90 bits per heavy atom. The van der Waals surface area contributed by atoms with Crippen molar-refractivity contribution in [3.05, 3.63) is 58.8 Å². The summed E-state index contributed by atoms with van der Waals surface area (Å²) >= 11 is 0. The smallest absolute Gasteiger partial charge is 0.417 e. The number of benzene rings is 1. The fourth-order valence-corrected chi connectivity index (χ4v) is 5.10. The second kappa shape index (κ2) is 14.6. The molecule has 2 aliphatic rings. The molecule has 1 aromatic heterocycles. The number of amides is 1. The summed E-state index contributed by atoms with van der Waals surface area (Å²) in [5.41, 5.74) is 0.592. The molecule has 8 nitrogen and oxygen atoms in total. The Bertz CT molecular complexity index is 1170. The number of anilines is 1. The number of carboxylic acids is 1. The van der Waals surface area contributed by atoms with E-state index >= 15 is 0 Å². The summed E-state index contributed by atoms with van der Waals surface area (Å²) in [5.74, 6) is -1.37. The Morgan fingerprint density at radius 1 is 1.10 bits per heavy atom. The number of unbranched alkanes of at least 4 members (excludes halogenated alkanes) is 1. The van der Waals surface area contributed by atoms with E-state index in [0.717, 1.165) is 81.6 Å². The Balaban J connectivity index is 1.30. The third-order valence-electron chi connectivity index (χ3n) is 7.74. The molecule has 1 aliphatic carbocycles. The highest BCUT2D eigenvalue weighted by molar-refractivity contribution is 5.98. The fourth-order valence-electron chi connectivity index (χ4n) is 5.10. The van der Waals surface area contributed by atoms with Crippen molar-refractivity contribution in [2.24, 2.45) is 0 Å². The van der Waals surface area contributed by atoms with Crippen molar-refractivity contribution in [1.82, 2.24) is 15.2 Å². The molecule has 1 atom stereocenters. The van der Waals surface area contributed by atoms with Crippen molar-refractivity contribution in [2.75, 3.05) is 38.1 Å². The number of fused-ring (bicyclic) bond motifs is 1. The molecule has 224 valence electrons. The zero-order valence-electron chi connectivity index (χ0n) is 23.2. The van der Waals surface area contributed by atoms with Gasteiger partial charge in [0.25, 0.3) is 5.91 Å². The molecule has 1 saturated carbocycles. The number of carbonyl (C=O) groups excluding carboxylic acids is 1. The number of ether oxygens (including phenoxy) is 1. The Morgan fingerprint density at radius 3 is 2.63 bits per heavy atom. The summed E-state index contributed by atoms with van der Waals surface area (Å²) < 4.78 is 46.0. The van der Waals surface area contributed by atoms with Gasteiger partial charge in [-0.3, -0.25) is 4.79 Å². The van der Waals surface area contributed by atoms with E-state index in [0.29, 0.717) is 26.2 Å². The summed E-state index contributed by atoms with van der Waals surface area (Å²) in [5, 5.41) is 15.4. The van der Waals surface area contributed by atoms with Crippen LogP contribution in [-0.4, -0.2) is 71.8 Å². The SMILES string of the molecule is O=C(NC(CCN(CCCCc1ccc2c(n1)NCCC2)CCOC1CCC1)C(=O)O)c1ccccc1C(F)(F)F. The van der Waals surface area contributed by atoms with Gasteiger partial charge in [-0.1, -0.05) is 18.2 Å². The van der Waals surface area contributed by atoms with E-state index < -0.39 is 35.2 Å². The van der Waals surface area contributed by atoms with E-state index in [1.165, 1.54) is 17.7 Å². The third-order valence-corrected chi connectivity index (χ3v) is 7.74. The van der Waals surface area contributed by atoms with Gasteiger partial charge in [0.15, 0.2) is 0 Å². The van der Waals surface area contributed by atoms with Gasteiger partial charge in [0.05, 0.1) is 23.8 Å². The van der Waals surface area contributed by atoms with Crippen molar-refractivity contribution in [2.45, 2.75) is 76.1 Å². The maximum atomic E-state index is 13.4. The topological polar surface area (TPSA) is 104 Å². The minimum Gasteiger partial charge on any atom is -0.480 e. The first-order valence-corrected chi connectivity index (χ1v) is 14.5. The summed E-state index contributed by atoms with van der Waals surface area (Å²) in [6, 6.07) is 7.26. The molecule has 11 heteroatoms. The van der Waals surface area contributed by atoms with Crippen LogP contribution in [0.2, 0.25) is 0 Å². The molecule has 2 aromatic rings. The van der Waals surface area contributed by atoms with E-state index in [2.05, 4.69) is 27.7 Å². The minimum atomic E-state index is -4.73. The molecular weight excluding hydrogens is 537 g/mol. The minimum absolute atomic E-state index is 0.0523. The molecule has 3 N–H and O–H groups in total. The summed E-state index contributed by atoms with van der Waals surface area (Å²) in [6.45, 7) is 3.12. The largest absolute Gasteiger partial charge is 0.480 e. The van der Waals surface area contributed by atoms with Gasteiger partial charge >= 0.3 is 12.1 Å². The van der Waals surface area contributed by atoms with Gasteiger partial charge in [-0.15, -0.1) is 0 Å². The van der Waals surface area contributed by atoms with Crippen molar-refractivity contribution < 1.29 is 32.6 Å². The van der Waals surface area contributed by atoms with Crippen molar-refractivity contribution >= 4 is 17.7 Å². The number of alkyl halides is 3. The predicted octanol–water partition coefficient (Wildman–Crippen LogP) is 4.93. The highest BCUT2D eigenvalue weighted by Gasteiger charge is 2.35. The van der Waals surface area contributed by atoms with Crippen LogP contribution in [0, 0.1) is 0 Å². The van der Waals surface area contributed by atoms with Crippen LogP contribution >= 0.6 is 0 Å². The fraction of sp³-hybridized carbons (Fsp3) is 0.567. The average Bonchev–Trinajstić information content (AvgIpc) is 2.93. The first kappa shape index (κ1) is 30.8. The van der Waals surface area contributed by atoms with Gasteiger partial charge < -0.3 is 25.4 Å². The first-order valence-electron chi connectivity index (χ1n) is 14.5. The maximum absolute atomic E-state index is 13.4. The zero-order valence-corrected chi connectivity index (χ0v) is 23.2. The molecule has 41 heavy (non-hydrogen) atoms. The highest BCUT2D eigenvalue weighted by atomic mass is 19.4. The van der Waals surface area contributed by atoms with Crippen LogP contribution in [0.25, 0.3) is 0 Å². The van der Waals surface area contributed by atoms with Gasteiger partial charge in [0.2, 0.25) is 0 Å². The summed E-state index contributed by atoms with van der Waals surface area (Å²) in [6.07, 6.45) is 3.61. The average molecular weight is 577 g/mol. The number of hydrogen-bond donors (Lipinski definition) is 3. The third kappa shape index (κ3) is 9.16. The number of nitrogens with zero attached hydrogens (tertiary/aromatic N) is 2.